The minimum absolute atomic E-state index is 0.0465. The van der Waals surface area contributed by atoms with Gasteiger partial charge in [0.2, 0.25) is 0 Å². The van der Waals surface area contributed by atoms with Crippen LogP contribution in [-0.4, -0.2) is 58.0 Å². The Kier molecular flexibility index (Phi) is 26.5. The van der Waals surface area contributed by atoms with Crippen molar-refractivity contribution in [1.82, 2.24) is 0 Å². The molecule has 0 heterocycles. The monoisotopic (exact) mass is 472 g/mol. The van der Waals surface area contributed by atoms with Crippen molar-refractivity contribution in [2.24, 2.45) is 0 Å². The van der Waals surface area contributed by atoms with Crippen molar-refractivity contribution < 1.29 is 23.7 Å². The molecule has 0 saturated heterocycles. The largest absolute Gasteiger partial charge is 0.481 e. The van der Waals surface area contributed by atoms with E-state index in [2.05, 4.69) is 13.8 Å². The molecule has 31 heavy (non-hydrogen) atoms. The van der Waals surface area contributed by atoms with Crippen molar-refractivity contribution in [3.05, 3.63) is 0 Å². The maximum atomic E-state index is 10.6. The van der Waals surface area contributed by atoms with E-state index in [-0.39, 0.29) is 18.6 Å². The molecule has 0 bridgehead atoms. The van der Waals surface area contributed by atoms with Crippen LogP contribution >= 0.6 is 16.1 Å². The van der Waals surface area contributed by atoms with Crippen LogP contribution in [0.25, 0.3) is 0 Å². The molecule has 4 radical (unpaired) electrons. The number of aldehydes is 1. The summed E-state index contributed by atoms with van der Waals surface area (Å²) < 4.78 is 10.9. The van der Waals surface area contributed by atoms with Gasteiger partial charge < -0.3 is 18.9 Å². The lowest BCUT2D eigenvalue weighted by atomic mass is 10.1. The molecule has 0 aromatic carbocycles. The summed E-state index contributed by atoms with van der Waals surface area (Å²) in [5.41, 5.74) is 0. The molecule has 0 aromatic rings. The molecular weight excluding hydrogens is 428 g/mol. The molecule has 5 nitrogen and oxygen atoms in total. The molecule has 0 rings (SSSR count). The zero-order chi connectivity index (χ0) is 23.9. The Labute approximate surface area is 196 Å². The third-order valence-corrected chi connectivity index (χ3v) is 5.91. The average Bonchev–Trinajstić information content (AvgIpc) is 2.67. The number of aliphatic carboxylic acids is 1. The number of rotatable bonds is 20. The number of hydrogen-bond acceptors (Lipinski definition) is 4. The van der Waals surface area contributed by atoms with Crippen LogP contribution in [0.2, 0.25) is 0 Å². The molecule has 0 aliphatic carbocycles. The molecule has 0 amide bonds. The molecule has 0 aliphatic heterocycles. The smallest absolute Gasteiger partial charge is 0.305 e. The van der Waals surface area contributed by atoms with Crippen molar-refractivity contribution in [3.63, 3.8) is 0 Å². The van der Waals surface area contributed by atoms with E-state index < -0.39 is 22.0 Å². The summed E-state index contributed by atoms with van der Waals surface area (Å²) in [5, 5.41) is 8.72. The van der Waals surface area contributed by atoms with Gasteiger partial charge in [-0.05, 0) is 42.2 Å². The van der Waals surface area contributed by atoms with E-state index in [1.165, 1.54) is 44.9 Å². The Bertz CT molecular complexity index is 415. The second-order valence-electron chi connectivity index (χ2n) is 7.95. The summed E-state index contributed by atoms with van der Waals surface area (Å²) in [6, 6.07) is 0. The third kappa shape index (κ3) is 28.0. The molecule has 0 saturated carbocycles. The average molecular weight is 472 g/mol. The Morgan fingerprint density at radius 2 is 1.26 bits per heavy atom. The number of carboxylic acid groups (broad SMARTS) is 1. The van der Waals surface area contributed by atoms with Gasteiger partial charge in [-0.1, -0.05) is 78.1 Å². The Morgan fingerprint density at radius 3 is 1.65 bits per heavy atom. The van der Waals surface area contributed by atoms with Crippen LogP contribution in [0.1, 0.15) is 104 Å². The van der Waals surface area contributed by atoms with Crippen LogP contribution in [-0.2, 0) is 18.6 Å². The van der Waals surface area contributed by atoms with Gasteiger partial charge in [0.25, 0.3) is 0 Å². The van der Waals surface area contributed by atoms with Crippen LogP contribution in [0.15, 0.2) is 0 Å². The molecule has 0 fully saturated rings. The van der Waals surface area contributed by atoms with Gasteiger partial charge in [-0.2, -0.15) is 0 Å². The summed E-state index contributed by atoms with van der Waals surface area (Å²) in [6.07, 6.45) is 15.2. The first-order chi connectivity index (χ1) is 14.8. The van der Waals surface area contributed by atoms with Gasteiger partial charge in [0.1, 0.15) is 21.4 Å². The molecule has 9 heteroatoms. The fraction of sp³-hybridized carbons (Fsp3) is 0.909. The van der Waals surface area contributed by atoms with E-state index in [0.29, 0.717) is 6.42 Å². The highest BCUT2D eigenvalue weighted by molar-refractivity contribution is 7.77. The maximum absolute atomic E-state index is 10.6. The lowest BCUT2D eigenvalue weighted by Crippen LogP contribution is -2.15. The van der Waals surface area contributed by atoms with Gasteiger partial charge >= 0.3 is 5.97 Å². The maximum Gasteiger partial charge on any atom is 0.305 e. The van der Waals surface area contributed by atoms with Crippen molar-refractivity contribution in [2.75, 3.05) is 13.3 Å². The van der Waals surface area contributed by atoms with Gasteiger partial charge in [-0.15, -0.1) is 0 Å². The van der Waals surface area contributed by atoms with Gasteiger partial charge in [0.05, 0.1) is 18.6 Å². The van der Waals surface area contributed by atoms with Crippen molar-refractivity contribution >= 4 is 43.4 Å². The quantitative estimate of drug-likeness (QED) is 0.0919. The Balaban J connectivity index is 0. The number of unbranched alkanes of at least 4 members (excludes halogenated alkanes) is 8. The van der Waals surface area contributed by atoms with E-state index >= 15 is 0 Å². The second-order valence-corrected chi connectivity index (χ2v) is 10.6. The zero-order valence-electron chi connectivity index (χ0n) is 20.3. The summed E-state index contributed by atoms with van der Waals surface area (Å²) in [7, 11) is 9.37. The molecular formula is C22H44B2O5P2. The lowest BCUT2D eigenvalue weighted by Gasteiger charge is -2.19. The number of carbonyl (C=O) groups excluding carboxylic acids is 1. The highest BCUT2D eigenvalue weighted by Gasteiger charge is 2.14. The lowest BCUT2D eigenvalue weighted by molar-refractivity contribution is -0.138. The van der Waals surface area contributed by atoms with Crippen LogP contribution in [0.4, 0.5) is 0 Å². The summed E-state index contributed by atoms with van der Waals surface area (Å²) in [5.74, 6) is -0.810. The normalized spacial score (nSPS) is 14.7. The molecule has 0 aromatic heterocycles. The summed E-state index contributed by atoms with van der Waals surface area (Å²) >= 11 is 0. The summed E-state index contributed by atoms with van der Waals surface area (Å²) in [6.45, 7) is 8.04. The number of carboxylic acids is 1. The van der Waals surface area contributed by atoms with Crippen LogP contribution < -0.4 is 0 Å². The van der Waals surface area contributed by atoms with Gasteiger partial charge in [-0.25, -0.2) is 0 Å². The van der Waals surface area contributed by atoms with Gasteiger partial charge in [-0.3, -0.25) is 4.79 Å². The first-order valence-corrected chi connectivity index (χ1v) is 15.3. The number of carbonyl (C=O) groups is 2. The Hall–Kier alpha value is 0.0499. The zero-order valence-corrected chi connectivity index (χ0v) is 22.0. The fourth-order valence-corrected chi connectivity index (χ4v) is 4.44. The molecule has 2 unspecified atom stereocenters. The van der Waals surface area contributed by atoms with Crippen molar-refractivity contribution in [2.45, 2.75) is 116 Å². The standard InChI is InChI=1S/C11H22BO3P.C11H22BO2P/c1-3-4-5-6-7-8-10(9-11(13)14)15-16(2)12;1-3-4-5-6-7-8-11(9-10-13)14-15(2)12/h10H,3-9H2,1-2H3,(H,13,14);10-11H,3-9H2,1-2H3/t10-,16?;11-,15?/m11/s1. The predicted molar refractivity (Wildman–Crippen MR) is 137 cm³/mol. The number of hydrogen-bond donors (Lipinski definition) is 1. The fourth-order valence-electron chi connectivity index (χ4n) is 3.13. The van der Waals surface area contributed by atoms with Crippen molar-refractivity contribution in [3.8, 4) is 0 Å². The van der Waals surface area contributed by atoms with Gasteiger partial charge in [0, 0.05) is 6.42 Å². The highest BCUT2D eigenvalue weighted by Crippen LogP contribution is 2.30. The first kappa shape index (κ1) is 33.2. The van der Waals surface area contributed by atoms with Crippen LogP contribution in [0.3, 0.4) is 0 Å². The van der Waals surface area contributed by atoms with E-state index in [1.807, 2.05) is 6.66 Å². The van der Waals surface area contributed by atoms with Crippen LogP contribution in [0.5, 0.6) is 0 Å². The van der Waals surface area contributed by atoms with E-state index in [4.69, 9.17) is 29.3 Å². The molecule has 0 spiro atoms. The third-order valence-electron chi connectivity index (χ3n) is 4.65. The molecule has 0 aliphatic rings. The molecule has 4 atom stereocenters. The first-order valence-electron chi connectivity index (χ1n) is 11.7. The highest BCUT2D eigenvalue weighted by atomic mass is 31.1. The minimum atomic E-state index is -0.961. The van der Waals surface area contributed by atoms with E-state index in [1.54, 1.807) is 6.66 Å². The topological polar surface area (TPSA) is 72.8 Å². The molecule has 1 N–H and O–H groups in total. The minimum Gasteiger partial charge on any atom is -0.481 e. The van der Waals surface area contributed by atoms with E-state index in [0.717, 1.165) is 38.4 Å². The summed E-state index contributed by atoms with van der Waals surface area (Å²) in [4.78, 5) is 21.0. The van der Waals surface area contributed by atoms with Crippen LogP contribution in [0, 0.1) is 0 Å². The SMILES string of the molecule is [B]P(C)O[C@@H](CC=O)CCCCCCC.[B]P(C)O[C@H](CCCCCCC)CC(=O)O. The van der Waals surface area contributed by atoms with Crippen molar-refractivity contribution in [1.29, 1.82) is 0 Å². The van der Waals surface area contributed by atoms with Gasteiger partial charge in [0.15, 0.2) is 0 Å². The van der Waals surface area contributed by atoms with E-state index in [9.17, 15) is 9.59 Å². The second kappa shape index (κ2) is 24.7. The Morgan fingerprint density at radius 1 is 0.839 bits per heavy atom. The predicted octanol–water partition coefficient (Wildman–Crippen LogP) is 6.75. The molecule has 178 valence electrons.